The number of aliphatic hydroxyl groups is 1. The maximum Gasteiger partial charge on any atom is 0.115 e. The minimum Gasteiger partial charge on any atom is -0.508 e. The van der Waals surface area contributed by atoms with E-state index in [2.05, 4.69) is 19.9 Å². The predicted molar refractivity (Wildman–Crippen MR) is 83.3 cm³/mol. The van der Waals surface area contributed by atoms with Crippen molar-refractivity contribution in [2.45, 2.75) is 58.0 Å². The van der Waals surface area contributed by atoms with E-state index in [0.717, 1.165) is 19.3 Å². The molecule has 3 aliphatic rings. The minimum atomic E-state index is -0.111. The van der Waals surface area contributed by atoms with Gasteiger partial charge in [-0.1, -0.05) is 19.9 Å². The van der Waals surface area contributed by atoms with E-state index in [0.29, 0.717) is 29.4 Å². The van der Waals surface area contributed by atoms with Crippen molar-refractivity contribution in [3.63, 3.8) is 0 Å². The van der Waals surface area contributed by atoms with Crippen molar-refractivity contribution in [1.82, 2.24) is 0 Å². The highest BCUT2D eigenvalue weighted by molar-refractivity contribution is 5.40. The highest BCUT2D eigenvalue weighted by atomic mass is 16.3. The van der Waals surface area contributed by atoms with Crippen molar-refractivity contribution >= 4 is 0 Å². The first-order chi connectivity index (χ1) is 10.0. The molecule has 2 nitrogen and oxygen atoms in total. The maximum atomic E-state index is 10.5. The van der Waals surface area contributed by atoms with Gasteiger partial charge in [-0.2, -0.15) is 0 Å². The van der Waals surface area contributed by atoms with E-state index in [1.807, 2.05) is 12.1 Å². The third-order valence-corrected chi connectivity index (χ3v) is 6.98. The van der Waals surface area contributed by atoms with Gasteiger partial charge >= 0.3 is 0 Å². The first-order valence-electron chi connectivity index (χ1n) is 8.50. The molecule has 1 unspecified atom stereocenters. The molecule has 0 spiro atoms. The number of benzene rings is 1. The molecule has 0 bridgehead atoms. The summed E-state index contributed by atoms with van der Waals surface area (Å²) in [7, 11) is 0. The zero-order chi connectivity index (χ0) is 14.8. The summed E-state index contributed by atoms with van der Waals surface area (Å²) in [6, 6.07) is 5.97. The molecule has 3 aliphatic carbocycles. The number of aryl methyl sites for hydroxylation is 1. The average molecular weight is 286 g/mol. The Morgan fingerprint density at radius 2 is 2.05 bits per heavy atom. The third-order valence-electron chi connectivity index (χ3n) is 6.98. The second-order valence-electron chi connectivity index (χ2n) is 7.99. The molecule has 0 heterocycles. The molecule has 0 radical (unpaired) electrons. The van der Waals surface area contributed by atoms with Crippen LogP contribution in [0.1, 0.15) is 56.6 Å². The third kappa shape index (κ3) is 1.81. The molecule has 0 amide bonds. The number of rotatable bonds is 0. The van der Waals surface area contributed by atoms with E-state index in [4.69, 9.17) is 0 Å². The Bertz CT molecular complexity index is 567. The Hall–Kier alpha value is -1.02. The number of aliphatic hydroxyl groups excluding tert-OH is 1. The summed E-state index contributed by atoms with van der Waals surface area (Å²) in [5.74, 6) is 3.05. The van der Waals surface area contributed by atoms with Gasteiger partial charge in [-0.3, -0.25) is 0 Å². The van der Waals surface area contributed by atoms with Crippen LogP contribution in [0.25, 0.3) is 0 Å². The maximum absolute atomic E-state index is 10.5. The summed E-state index contributed by atoms with van der Waals surface area (Å²) >= 11 is 0. The largest absolute Gasteiger partial charge is 0.508 e. The van der Waals surface area contributed by atoms with Crippen molar-refractivity contribution < 1.29 is 10.2 Å². The van der Waals surface area contributed by atoms with Crippen LogP contribution >= 0.6 is 0 Å². The van der Waals surface area contributed by atoms with E-state index in [-0.39, 0.29) is 11.5 Å². The molecule has 2 saturated carbocycles. The van der Waals surface area contributed by atoms with Gasteiger partial charge in [0.25, 0.3) is 0 Å². The Labute approximate surface area is 127 Å². The summed E-state index contributed by atoms with van der Waals surface area (Å²) in [4.78, 5) is 0. The van der Waals surface area contributed by atoms with Gasteiger partial charge in [0.15, 0.2) is 0 Å². The minimum absolute atomic E-state index is 0.111. The monoisotopic (exact) mass is 286 g/mol. The van der Waals surface area contributed by atoms with Gasteiger partial charge in [-0.25, -0.2) is 0 Å². The smallest absolute Gasteiger partial charge is 0.115 e. The molecule has 6 atom stereocenters. The quantitative estimate of drug-likeness (QED) is 0.760. The highest BCUT2D eigenvalue weighted by Crippen LogP contribution is 2.62. The van der Waals surface area contributed by atoms with E-state index >= 15 is 0 Å². The molecule has 114 valence electrons. The van der Waals surface area contributed by atoms with Gasteiger partial charge in [0.05, 0.1) is 6.10 Å². The van der Waals surface area contributed by atoms with Crippen molar-refractivity contribution in [3.8, 4) is 5.75 Å². The second kappa shape index (κ2) is 4.49. The number of hydrogen-bond donors (Lipinski definition) is 2. The number of phenolic OH excluding ortho intramolecular Hbond substituents is 1. The Morgan fingerprint density at radius 1 is 1.24 bits per heavy atom. The normalized spacial score (nSPS) is 44.8. The van der Waals surface area contributed by atoms with Crippen molar-refractivity contribution in [2.75, 3.05) is 0 Å². The van der Waals surface area contributed by atoms with E-state index in [1.165, 1.54) is 24.0 Å². The molecule has 2 fully saturated rings. The second-order valence-corrected chi connectivity index (χ2v) is 7.99. The lowest BCUT2D eigenvalue weighted by Crippen LogP contribution is -2.45. The van der Waals surface area contributed by atoms with Crippen LogP contribution in [0.4, 0.5) is 0 Å². The fourth-order valence-corrected chi connectivity index (χ4v) is 6.07. The number of hydrogen-bond acceptors (Lipinski definition) is 2. The Kier molecular flexibility index (Phi) is 2.91. The van der Waals surface area contributed by atoms with E-state index in [1.54, 1.807) is 0 Å². The molecule has 0 aliphatic heterocycles. The van der Waals surface area contributed by atoms with E-state index in [9.17, 15) is 10.2 Å². The molecule has 1 aromatic carbocycles. The van der Waals surface area contributed by atoms with Crippen LogP contribution in [0.2, 0.25) is 0 Å². The van der Waals surface area contributed by atoms with Gasteiger partial charge < -0.3 is 10.2 Å². The summed E-state index contributed by atoms with van der Waals surface area (Å²) in [5.41, 5.74) is 2.96. The van der Waals surface area contributed by atoms with E-state index < -0.39 is 0 Å². The van der Waals surface area contributed by atoms with Gasteiger partial charge in [-0.15, -0.1) is 0 Å². The van der Waals surface area contributed by atoms with Gasteiger partial charge in [0.1, 0.15) is 5.75 Å². The van der Waals surface area contributed by atoms with Crippen LogP contribution in [0.15, 0.2) is 18.2 Å². The van der Waals surface area contributed by atoms with Crippen LogP contribution in [0.5, 0.6) is 5.75 Å². The molecule has 2 heteroatoms. The average Bonchev–Trinajstić information content (AvgIpc) is 2.68. The van der Waals surface area contributed by atoms with Crippen LogP contribution in [0.3, 0.4) is 0 Å². The number of aromatic hydroxyl groups is 1. The fourth-order valence-electron chi connectivity index (χ4n) is 6.07. The molecule has 21 heavy (non-hydrogen) atoms. The lowest BCUT2D eigenvalue weighted by Gasteiger charge is -2.51. The first kappa shape index (κ1) is 13.6. The van der Waals surface area contributed by atoms with Gasteiger partial charge in [0, 0.05) is 0 Å². The summed E-state index contributed by atoms with van der Waals surface area (Å²) in [5, 5.41) is 20.3. The number of phenols is 1. The molecule has 4 rings (SSSR count). The molecular formula is C19H26O2. The van der Waals surface area contributed by atoms with Gasteiger partial charge in [-0.05, 0) is 84.5 Å². The standard InChI is InChI=1S/C19H26O2/c1-11-9-17(21)19(2)8-7-15-14-6-4-13(20)10-12(14)3-5-16(15)18(11)19/h4,6,10-11,15-18,20-21H,3,5,7-9H2,1-2H3/t11?,15-,16-,17+,18+,19-/m1/s1. The van der Waals surface area contributed by atoms with Crippen molar-refractivity contribution in [3.05, 3.63) is 29.3 Å². The Morgan fingerprint density at radius 3 is 2.86 bits per heavy atom. The summed E-state index contributed by atoms with van der Waals surface area (Å²) in [6.45, 7) is 4.67. The van der Waals surface area contributed by atoms with Crippen LogP contribution in [-0.4, -0.2) is 16.3 Å². The lowest BCUT2D eigenvalue weighted by molar-refractivity contribution is -0.0286. The van der Waals surface area contributed by atoms with Crippen molar-refractivity contribution in [1.29, 1.82) is 0 Å². The molecule has 0 aromatic heterocycles. The Balaban J connectivity index is 1.73. The summed E-state index contributed by atoms with van der Waals surface area (Å²) < 4.78 is 0. The van der Waals surface area contributed by atoms with Crippen molar-refractivity contribution in [2.24, 2.45) is 23.2 Å². The topological polar surface area (TPSA) is 40.5 Å². The zero-order valence-corrected chi connectivity index (χ0v) is 13.0. The SMILES string of the molecule is CC1C[C@H](O)[C@@]2(C)CC[C@@H]3c4ccc(O)cc4CC[C@H]3[C@H]12. The molecule has 2 N–H and O–H groups in total. The zero-order valence-electron chi connectivity index (χ0n) is 13.0. The lowest BCUT2D eigenvalue weighted by atomic mass is 9.54. The molecule has 0 saturated heterocycles. The predicted octanol–water partition coefficient (Wildman–Crippen LogP) is 3.86. The van der Waals surface area contributed by atoms with Crippen LogP contribution in [-0.2, 0) is 6.42 Å². The fraction of sp³-hybridized carbons (Fsp3) is 0.684. The highest BCUT2D eigenvalue weighted by Gasteiger charge is 2.57. The number of fused-ring (bicyclic) bond motifs is 5. The molecular weight excluding hydrogens is 260 g/mol. The summed E-state index contributed by atoms with van der Waals surface area (Å²) in [6.07, 6.45) is 5.51. The van der Waals surface area contributed by atoms with Crippen LogP contribution < -0.4 is 0 Å². The van der Waals surface area contributed by atoms with Gasteiger partial charge in [0.2, 0.25) is 0 Å². The van der Waals surface area contributed by atoms with Crippen LogP contribution in [0, 0.1) is 23.2 Å². The molecule has 1 aromatic rings. The first-order valence-corrected chi connectivity index (χ1v) is 8.50.